The molecule has 0 fully saturated rings. The summed E-state index contributed by atoms with van der Waals surface area (Å²) in [5.74, 6) is 0.165. The van der Waals surface area contributed by atoms with Gasteiger partial charge in [-0.25, -0.2) is 0 Å². The van der Waals surface area contributed by atoms with Gasteiger partial charge in [-0.15, -0.1) is 0 Å². The lowest BCUT2D eigenvalue weighted by Gasteiger charge is -2.11. The summed E-state index contributed by atoms with van der Waals surface area (Å²) < 4.78 is 47.2. The lowest BCUT2D eigenvalue weighted by molar-refractivity contribution is -0.153. The molecule has 3 N–H and O–H groups in total. The largest absolute Gasteiger partial charge is 0.484 e. The van der Waals surface area contributed by atoms with E-state index in [9.17, 15) is 22.8 Å². The first-order valence-electron chi connectivity index (χ1n) is 9.44. The van der Waals surface area contributed by atoms with Crippen molar-refractivity contribution in [1.82, 2.24) is 5.32 Å². The summed E-state index contributed by atoms with van der Waals surface area (Å²) in [6, 6.07) is 18.7. The van der Waals surface area contributed by atoms with Crippen LogP contribution in [-0.4, -0.2) is 24.6 Å². The Kier molecular flexibility index (Phi) is 6.99. The van der Waals surface area contributed by atoms with Gasteiger partial charge in [-0.05, 0) is 66.2 Å². The third-order valence-corrected chi connectivity index (χ3v) is 4.25. The topological polar surface area (TPSA) is 90.7 Å². The zero-order valence-corrected chi connectivity index (χ0v) is 16.7. The third-order valence-electron chi connectivity index (χ3n) is 4.25. The third kappa shape index (κ3) is 6.76. The van der Waals surface area contributed by atoms with Crippen LogP contribution in [-0.2, 0) is 6.54 Å². The predicted molar refractivity (Wildman–Crippen MR) is 111 cm³/mol. The van der Waals surface area contributed by atoms with Crippen LogP contribution in [0.5, 0.6) is 17.2 Å². The van der Waals surface area contributed by atoms with Crippen LogP contribution in [0.3, 0.4) is 0 Å². The van der Waals surface area contributed by atoms with E-state index in [-0.39, 0.29) is 18.2 Å². The lowest BCUT2D eigenvalue weighted by atomic mass is 10.1. The monoisotopic (exact) mass is 444 g/mol. The summed E-state index contributed by atoms with van der Waals surface area (Å²) >= 11 is 0. The second-order valence-corrected chi connectivity index (χ2v) is 6.75. The van der Waals surface area contributed by atoms with Gasteiger partial charge in [-0.2, -0.15) is 13.2 Å². The number of amides is 2. The van der Waals surface area contributed by atoms with Gasteiger partial charge < -0.3 is 20.5 Å². The number of nitrogens with two attached hydrogens (primary N) is 1. The van der Waals surface area contributed by atoms with E-state index in [0.717, 1.165) is 0 Å². The maximum atomic E-state index is 12.4. The molecule has 3 rings (SSSR count). The van der Waals surface area contributed by atoms with Crippen molar-refractivity contribution in [3.63, 3.8) is 0 Å². The normalized spacial score (nSPS) is 11.0. The van der Waals surface area contributed by atoms with E-state index in [0.29, 0.717) is 28.2 Å². The molecule has 0 atom stereocenters. The van der Waals surface area contributed by atoms with E-state index < -0.39 is 18.7 Å². The molecular formula is C23H19F3N2O4. The van der Waals surface area contributed by atoms with Gasteiger partial charge in [-0.3, -0.25) is 9.59 Å². The highest BCUT2D eigenvalue weighted by Crippen LogP contribution is 2.22. The van der Waals surface area contributed by atoms with Crippen molar-refractivity contribution in [1.29, 1.82) is 0 Å². The number of ether oxygens (including phenoxy) is 2. The summed E-state index contributed by atoms with van der Waals surface area (Å²) in [5, 5.41) is 2.70. The molecule has 0 bridgehead atoms. The van der Waals surface area contributed by atoms with Gasteiger partial charge >= 0.3 is 6.18 Å². The lowest BCUT2D eigenvalue weighted by Crippen LogP contribution is -2.23. The minimum Gasteiger partial charge on any atom is -0.484 e. The van der Waals surface area contributed by atoms with Crippen molar-refractivity contribution in [3.05, 3.63) is 89.5 Å². The first kappa shape index (κ1) is 22.7. The van der Waals surface area contributed by atoms with Gasteiger partial charge in [0.05, 0.1) is 0 Å². The van der Waals surface area contributed by atoms with Crippen LogP contribution < -0.4 is 20.5 Å². The summed E-state index contributed by atoms with van der Waals surface area (Å²) in [4.78, 5) is 23.4. The number of benzene rings is 3. The Morgan fingerprint density at radius 2 is 1.44 bits per heavy atom. The molecule has 0 heterocycles. The number of primary amides is 1. The quantitative estimate of drug-likeness (QED) is 0.537. The fourth-order valence-corrected chi connectivity index (χ4v) is 2.69. The fourth-order valence-electron chi connectivity index (χ4n) is 2.69. The average Bonchev–Trinajstić information content (AvgIpc) is 2.77. The molecule has 3 aromatic rings. The summed E-state index contributed by atoms with van der Waals surface area (Å²) in [5.41, 5.74) is 6.53. The zero-order valence-electron chi connectivity index (χ0n) is 16.7. The van der Waals surface area contributed by atoms with Gasteiger partial charge in [0.15, 0.2) is 6.61 Å². The highest BCUT2D eigenvalue weighted by atomic mass is 19.4. The highest BCUT2D eigenvalue weighted by Gasteiger charge is 2.28. The first-order chi connectivity index (χ1) is 15.2. The SMILES string of the molecule is NC(=O)c1ccc(Oc2ccc(C(=O)NCc3cccc(OCC(F)(F)F)c3)cc2)cc1. The molecular weight excluding hydrogens is 425 g/mol. The molecule has 2 amide bonds. The number of hydrogen-bond donors (Lipinski definition) is 2. The Hall–Kier alpha value is -4.01. The van der Waals surface area contributed by atoms with Crippen LogP contribution in [0.1, 0.15) is 26.3 Å². The number of hydrogen-bond acceptors (Lipinski definition) is 4. The summed E-state index contributed by atoms with van der Waals surface area (Å²) in [6.07, 6.45) is -4.42. The minimum atomic E-state index is -4.42. The molecule has 0 radical (unpaired) electrons. The summed E-state index contributed by atoms with van der Waals surface area (Å²) in [7, 11) is 0. The van der Waals surface area contributed by atoms with Crippen LogP contribution in [0.2, 0.25) is 0 Å². The summed E-state index contributed by atoms with van der Waals surface area (Å²) in [6.45, 7) is -1.26. The molecule has 0 unspecified atom stereocenters. The van der Waals surface area contributed by atoms with Gasteiger partial charge in [0, 0.05) is 17.7 Å². The standard InChI is InChI=1S/C23H19F3N2O4/c24-23(25,26)14-31-20-3-1-2-15(12-20)13-28-22(30)17-6-10-19(11-7-17)32-18-8-4-16(5-9-18)21(27)29/h1-12H,13-14H2,(H2,27,29)(H,28,30). The highest BCUT2D eigenvalue weighted by molar-refractivity contribution is 5.94. The first-order valence-corrected chi connectivity index (χ1v) is 9.44. The average molecular weight is 444 g/mol. The molecule has 9 heteroatoms. The van der Waals surface area contributed by atoms with Crippen LogP contribution >= 0.6 is 0 Å². The molecule has 0 aromatic heterocycles. The number of rotatable bonds is 8. The van der Waals surface area contributed by atoms with E-state index in [1.165, 1.54) is 12.1 Å². The minimum absolute atomic E-state index is 0.0689. The number of carbonyl (C=O) groups excluding carboxylic acids is 2. The van der Waals surface area contributed by atoms with Gasteiger partial charge in [0.2, 0.25) is 5.91 Å². The molecule has 166 valence electrons. The van der Waals surface area contributed by atoms with Gasteiger partial charge in [0.25, 0.3) is 5.91 Å². The number of alkyl halides is 3. The Bertz CT molecular complexity index is 1080. The van der Waals surface area contributed by atoms with Crippen LogP contribution in [0, 0.1) is 0 Å². The number of halogens is 3. The molecule has 0 saturated carbocycles. The zero-order chi connectivity index (χ0) is 23.1. The Morgan fingerprint density at radius 3 is 2.00 bits per heavy atom. The molecule has 0 aliphatic rings. The Balaban J connectivity index is 1.54. The van der Waals surface area contributed by atoms with Crippen molar-refractivity contribution < 1.29 is 32.2 Å². The number of carbonyl (C=O) groups is 2. The van der Waals surface area contributed by atoms with E-state index in [4.69, 9.17) is 15.2 Å². The van der Waals surface area contributed by atoms with E-state index in [1.54, 1.807) is 60.7 Å². The second-order valence-electron chi connectivity index (χ2n) is 6.75. The molecule has 0 saturated heterocycles. The maximum Gasteiger partial charge on any atom is 0.422 e. The number of nitrogens with one attached hydrogen (secondary N) is 1. The Morgan fingerprint density at radius 1 is 0.844 bits per heavy atom. The van der Waals surface area contributed by atoms with Crippen LogP contribution in [0.15, 0.2) is 72.8 Å². The molecule has 6 nitrogen and oxygen atoms in total. The predicted octanol–water partition coefficient (Wildman–Crippen LogP) is 4.45. The van der Waals surface area contributed by atoms with Crippen molar-refractivity contribution in [2.75, 3.05) is 6.61 Å². The smallest absolute Gasteiger partial charge is 0.422 e. The molecule has 0 aliphatic heterocycles. The van der Waals surface area contributed by atoms with Crippen molar-refractivity contribution in [2.24, 2.45) is 5.73 Å². The molecule has 32 heavy (non-hydrogen) atoms. The molecule has 3 aromatic carbocycles. The van der Waals surface area contributed by atoms with Crippen molar-refractivity contribution >= 4 is 11.8 Å². The Labute approximate surface area is 181 Å². The fraction of sp³-hybridized carbons (Fsp3) is 0.130. The van der Waals surface area contributed by atoms with Crippen molar-refractivity contribution in [3.8, 4) is 17.2 Å². The second kappa shape index (κ2) is 9.86. The van der Waals surface area contributed by atoms with Gasteiger partial charge in [-0.1, -0.05) is 12.1 Å². The van der Waals surface area contributed by atoms with E-state index >= 15 is 0 Å². The van der Waals surface area contributed by atoms with E-state index in [2.05, 4.69) is 5.32 Å². The molecule has 0 spiro atoms. The molecule has 0 aliphatic carbocycles. The van der Waals surface area contributed by atoms with Crippen LogP contribution in [0.4, 0.5) is 13.2 Å². The van der Waals surface area contributed by atoms with E-state index in [1.807, 2.05) is 0 Å². The van der Waals surface area contributed by atoms with Crippen molar-refractivity contribution in [2.45, 2.75) is 12.7 Å². The maximum absolute atomic E-state index is 12.4. The van der Waals surface area contributed by atoms with Crippen LogP contribution in [0.25, 0.3) is 0 Å². The van der Waals surface area contributed by atoms with Gasteiger partial charge in [0.1, 0.15) is 17.2 Å².